The van der Waals surface area contributed by atoms with E-state index in [0.717, 1.165) is 20.4 Å². The molecule has 2 rings (SSSR count). The van der Waals surface area contributed by atoms with Gasteiger partial charge in [-0.25, -0.2) is 4.79 Å². The SMILES string of the molecule is COc1cccc(Sc2cccc(SC)c2C(=O)O)c1. The summed E-state index contributed by atoms with van der Waals surface area (Å²) >= 11 is 2.86. The Labute approximate surface area is 126 Å². The van der Waals surface area contributed by atoms with Crippen molar-refractivity contribution in [3.63, 3.8) is 0 Å². The zero-order valence-corrected chi connectivity index (χ0v) is 12.8. The van der Waals surface area contributed by atoms with Crippen LogP contribution < -0.4 is 4.74 Å². The van der Waals surface area contributed by atoms with Crippen LogP contribution in [-0.4, -0.2) is 24.4 Å². The van der Waals surface area contributed by atoms with Crippen LogP contribution in [0.1, 0.15) is 10.4 Å². The molecule has 0 unspecified atom stereocenters. The van der Waals surface area contributed by atoms with Gasteiger partial charge in [-0.1, -0.05) is 23.9 Å². The van der Waals surface area contributed by atoms with E-state index >= 15 is 0 Å². The monoisotopic (exact) mass is 306 g/mol. The van der Waals surface area contributed by atoms with Crippen molar-refractivity contribution in [3.8, 4) is 5.75 Å². The van der Waals surface area contributed by atoms with Crippen molar-refractivity contribution in [3.05, 3.63) is 48.0 Å². The van der Waals surface area contributed by atoms with Gasteiger partial charge < -0.3 is 9.84 Å². The minimum atomic E-state index is -0.902. The van der Waals surface area contributed by atoms with E-state index in [-0.39, 0.29) is 0 Å². The molecule has 20 heavy (non-hydrogen) atoms. The molecule has 0 amide bonds. The van der Waals surface area contributed by atoms with E-state index in [1.54, 1.807) is 7.11 Å². The first-order valence-electron chi connectivity index (χ1n) is 5.88. The Morgan fingerprint density at radius 3 is 2.50 bits per heavy atom. The van der Waals surface area contributed by atoms with Crippen molar-refractivity contribution < 1.29 is 14.6 Å². The molecule has 1 N–H and O–H groups in total. The Kier molecular flexibility index (Phi) is 4.98. The molecule has 5 heteroatoms. The maximum absolute atomic E-state index is 11.5. The minimum Gasteiger partial charge on any atom is -0.497 e. The molecule has 0 saturated carbocycles. The fourth-order valence-corrected chi connectivity index (χ4v) is 3.47. The van der Waals surface area contributed by atoms with Crippen molar-refractivity contribution in [2.75, 3.05) is 13.4 Å². The second kappa shape index (κ2) is 6.72. The maximum Gasteiger partial charge on any atom is 0.337 e. The van der Waals surface area contributed by atoms with Crippen molar-refractivity contribution in [1.82, 2.24) is 0 Å². The van der Waals surface area contributed by atoms with Gasteiger partial charge in [0.05, 0.1) is 12.7 Å². The predicted molar refractivity (Wildman–Crippen MR) is 82.3 cm³/mol. The number of hydrogen-bond donors (Lipinski definition) is 1. The van der Waals surface area contributed by atoms with Crippen LogP contribution in [0.25, 0.3) is 0 Å². The van der Waals surface area contributed by atoms with Gasteiger partial charge in [-0.2, -0.15) is 0 Å². The molecule has 0 atom stereocenters. The Balaban J connectivity index is 2.40. The van der Waals surface area contributed by atoms with E-state index in [1.165, 1.54) is 23.5 Å². The summed E-state index contributed by atoms with van der Waals surface area (Å²) in [5, 5.41) is 9.41. The highest BCUT2D eigenvalue weighted by Crippen LogP contribution is 2.35. The second-order valence-electron chi connectivity index (χ2n) is 3.92. The quantitative estimate of drug-likeness (QED) is 0.836. The molecular formula is C15H14O3S2. The number of methoxy groups -OCH3 is 1. The molecule has 0 aliphatic heterocycles. The summed E-state index contributed by atoms with van der Waals surface area (Å²) in [7, 11) is 1.61. The topological polar surface area (TPSA) is 46.5 Å². The maximum atomic E-state index is 11.5. The smallest absolute Gasteiger partial charge is 0.337 e. The first kappa shape index (κ1) is 14.8. The van der Waals surface area contributed by atoms with Crippen LogP contribution in [0.4, 0.5) is 0 Å². The number of aromatic carboxylic acids is 1. The van der Waals surface area contributed by atoms with Crippen LogP contribution in [0.15, 0.2) is 57.2 Å². The lowest BCUT2D eigenvalue weighted by Gasteiger charge is -2.10. The van der Waals surface area contributed by atoms with Gasteiger partial charge in [-0.15, -0.1) is 11.8 Å². The lowest BCUT2D eigenvalue weighted by Crippen LogP contribution is -2.01. The fraction of sp³-hybridized carbons (Fsp3) is 0.133. The Morgan fingerprint density at radius 1 is 1.15 bits per heavy atom. The molecule has 0 aliphatic rings. The molecule has 0 fully saturated rings. The number of ether oxygens (including phenoxy) is 1. The summed E-state index contributed by atoms with van der Waals surface area (Å²) in [4.78, 5) is 13.9. The fourth-order valence-electron chi connectivity index (χ4n) is 1.77. The first-order valence-corrected chi connectivity index (χ1v) is 7.92. The summed E-state index contributed by atoms with van der Waals surface area (Å²) in [6.07, 6.45) is 1.88. The molecular weight excluding hydrogens is 292 g/mol. The van der Waals surface area contributed by atoms with E-state index in [0.29, 0.717) is 5.56 Å². The molecule has 0 radical (unpaired) electrons. The highest BCUT2D eigenvalue weighted by molar-refractivity contribution is 8.00. The van der Waals surface area contributed by atoms with Gasteiger partial charge in [0.1, 0.15) is 5.75 Å². The van der Waals surface area contributed by atoms with E-state index < -0.39 is 5.97 Å². The molecule has 0 heterocycles. The third-order valence-electron chi connectivity index (χ3n) is 2.69. The summed E-state index contributed by atoms with van der Waals surface area (Å²) in [5.74, 6) is -0.145. The van der Waals surface area contributed by atoms with Gasteiger partial charge >= 0.3 is 5.97 Å². The first-order chi connectivity index (χ1) is 9.65. The number of carbonyl (C=O) groups is 1. The zero-order valence-electron chi connectivity index (χ0n) is 11.1. The Hall–Kier alpha value is -1.59. The molecule has 0 aliphatic carbocycles. The Bertz CT molecular complexity index is 626. The second-order valence-corrected chi connectivity index (χ2v) is 5.88. The van der Waals surface area contributed by atoms with Crippen LogP contribution >= 0.6 is 23.5 Å². The zero-order chi connectivity index (χ0) is 14.5. The highest BCUT2D eigenvalue weighted by atomic mass is 32.2. The minimum absolute atomic E-state index is 0.354. The summed E-state index contributed by atoms with van der Waals surface area (Å²) in [6.45, 7) is 0. The number of hydrogen-bond acceptors (Lipinski definition) is 4. The normalized spacial score (nSPS) is 10.3. The van der Waals surface area contributed by atoms with Crippen molar-refractivity contribution >= 4 is 29.5 Å². The number of rotatable bonds is 5. The molecule has 2 aromatic rings. The van der Waals surface area contributed by atoms with Gasteiger partial charge in [0.2, 0.25) is 0 Å². The molecule has 3 nitrogen and oxygen atoms in total. The van der Waals surface area contributed by atoms with Gasteiger partial charge in [0.25, 0.3) is 0 Å². The molecule has 0 aromatic heterocycles. The molecule has 2 aromatic carbocycles. The van der Waals surface area contributed by atoms with E-state index in [2.05, 4.69) is 0 Å². The van der Waals surface area contributed by atoms with Gasteiger partial charge in [0, 0.05) is 14.7 Å². The lowest BCUT2D eigenvalue weighted by molar-refractivity contribution is 0.0689. The largest absolute Gasteiger partial charge is 0.497 e. The van der Waals surface area contributed by atoms with E-state index in [9.17, 15) is 9.90 Å². The standard InChI is InChI=1S/C15H14O3S2/c1-18-10-5-3-6-11(9-10)20-13-8-4-7-12(19-2)14(13)15(16)17/h3-9H,1-2H3,(H,16,17). The van der Waals surface area contributed by atoms with Crippen molar-refractivity contribution in [2.45, 2.75) is 14.7 Å². The Morgan fingerprint density at radius 2 is 1.85 bits per heavy atom. The van der Waals surface area contributed by atoms with Crippen LogP contribution in [0.3, 0.4) is 0 Å². The average molecular weight is 306 g/mol. The van der Waals surface area contributed by atoms with Gasteiger partial charge in [-0.3, -0.25) is 0 Å². The highest BCUT2D eigenvalue weighted by Gasteiger charge is 2.15. The summed E-state index contributed by atoms with van der Waals surface area (Å²) in [6, 6.07) is 13.1. The van der Waals surface area contributed by atoms with E-state index in [1.807, 2.05) is 48.7 Å². The molecule has 0 saturated heterocycles. The predicted octanol–water partition coefficient (Wildman–Crippen LogP) is 4.27. The molecule has 0 bridgehead atoms. The summed E-state index contributed by atoms with van der Waals surface area (Å²) < 4.78 is 5.18. The third kappa shape index (κ3) is 3.29. The number of benzene rings is 2. The number of carboxylic acids is 1. The number of thioether (sulfide) groups is 1. The number of carboxylic acid groups (broad SMARTS) is 1. The summed E-state index contributed by atoms with van der Waals surface area (Å²) in [5.41, 5.74) is 0.354. The van der Waals surface area contributed by atoms with Crippen LogP contribution in [0.5, 0.6) is 5.75 Å². The lowest BCUT2D eigenvalue weighted by atomic mass is 10.2. The van der Waals surface area contributed by atoms with E-state index in [4.69, 9.17) is 4.74 Å². The van der Waals surface area contributed by atoms with Gasteiger partial charge in [-0.05, 0) is 36.6 Å². The third-order valence-corrected chi connectivity index (χ3v) is 4.52. The molecule has 0 spiro atoms. The van der Waals surface area contributed by atoms with Crippen LogP contribution in [0, 0.1) is 0 Å². The molecule has 104 valence electrons. The average Bonchev–Trinajstić information content (AvgIpc) is 2.46. The van der Waals surface area contributed by atoms with Crippen molar-refractivity contribution in [1.29, 1.82) is 0 Å². The van der Waals surface area contributed by atoms with Gasteiger partial charge in [0.15, 0.2) is 0 Å². The van der Waals surface area contributed by atoms with Crippen molar-refractivity contribution in [2.24, 2.45) is 0 Å². The van der Waals surface area contributed by atoms with Crippen LogP contribution in [0.2, 0.25) is 0 Å². The van der Waals surface area contributed by atoms with Crippen LogP contribution in [-0.2, 0) is 0 Å².